The Morgan fingerprint density at radius 2 is 1.79 bits per heavy atom. The summed E-state index contributed by atoms with van der Waals surface area (Å²) in [6, 6.07) is 12.0. The first kappa shape index (κ1) is 25.7. The first-order valence-electron chi connectivity index (χ1n) is 10.2. The predicted octanol–water partition coefficient (Wildman–Crippen LogP) is 6.68. The molecule has 5 nitrogen and oxygen atoms in total. The van der Waals surface area contributed by atoms with Gasteiger partial charge in [-0.3, -0.25) is 10.1 Å². The van der Waals surface area contributed by atoms with E-state index in [-0.39, 0.29) is 12.1 Å². The molecule has 1 atom stereocenters. The quantitative estimate of drug-likeness (QED) is 0.218. The summed E-state index contributed by atoms with van der Waals surface area (Å²) >= 11 is 11.6. The summed E-state index contributed by atoms with van der Waals surface area (Å²) < 4.78 is 49.3. The second kappa shape index (κ2) is 11.5. The number of halogens is 4. The second-order valence-corrected chi connectivity index (χ2v) is 11.6. The van der Waals surface area contributed by atoms with E-state index in [4.69, 9.17) is 32.7 Å². The molecule has 0 aliphatic rings. The smallest absolute Gasteiger partial charge is 0.416 e. The Hall–Kier alpha value is -1.90. The van der Waals surface area contributed by atoms with Crippen LogP contribution in [0.5, 0.6) is 5.75 Å². The summed E-state index contributed by atoms with van der Waals surface area (Å²) in [7, 11) is 1.51. The SMILES string of the molecule is COCP(=S)(NCCCCNc1ccnc2cc(Cl)ccc12)Oc1ccc(C(F)(F)F)cc1. The number of unbranched alkanes of at least 4 members (excludes halogenated alkanes) is 1. The van der Waals surface area contributed by atoms with Crippen LogP contribution in [-0.4, -0.2) is 31.5 Å². The number of methoxy groups -OCH3 is 1. The molecule has 0 saturated carbocycles. The van der Waals surface area contributed by atoms with Crippen LogP contribution in [0.4, 0.5) is 18.9 Å². The molecular weight excluding hydrogens is 494 g/mol. The van der Waals surface area contributed by atoms with E-state index in [1.54, 1.807) is 6.20 Å². The van der Waals surface area contributed by atoms with Gasteiger partial charge in [0.05, 0.1) is 11.1 Å². The molecule has 0 spiro atoms. The van der Waals surface area contributed by atoms with Crippen molar-refractivity contribution in [2.75, 3.05) is 31.9 Å². The van der Waals surface area contributed by atoms with Crippen molar-refractivity contribution in [3.05, 3.63) is 65.3 Å². The van der Waals surface area contributed by atoms with Crippen LogP contribution in [-0.2, 0) is 22.7 Å². The van der Waals surface area contributed by atoms with Gasteiger partial charge in [0.1, 0.15) is 12.1 Å². The van der Waals surface area contributed by atoms with Gasteiger partial charge in [-0.2, -0.15) is 13.2 Å². The number of alkyl halides is 3. The van der Waals surface area contributed by atoms with Crippen molar-refractivity contribution in [2.24, 2.45) is 0 Å². The number of aromatic nitrogens is 1. The van der Waals surface area contributed by atoms with Crippen LogP contribution >= 0.6 is 18.0 Å². The van der Waals surface area contributed by atoms with Gasteiger partial charge in [-0.25, -0.2) is 0 Å². The number of pyridine rings is 1. The van der Waals surface area contributed by atoms with Gasteiger partial charge < -0.3 is 14.6 Å². The molecule has 1 heterocycles. The van der Waals surface area contributed by atoms with Gasteiger partial charge in [-0.05, 0) is 73.2 Å². The standard InChI is InChI=1S/C22H24ClF3N3O2PS/c1-30-15-32(33,31-18-7-4-16(5-8-18)22(24,25)26)29-12-3-2-11-27-20-10-13-28-21-14-17(23)6-9-19(20)21/h4-10,13-14H,2-3,11-12,15H2,1H3,(H,27,28)(H,29,33). The van der Waals surface area contributed by atoms with Gasteiger partial charge in [0.2, 0.25) is 6.42 Å². The predicted molar refractivity (Wildman–Crippen MR) is 131 cm³/mol. The molecule has 2 N–H and O–H groups in total. The zero-order valence-electron chi connectivity index (χ0n) is 17.9. The van der Waals surface area contributed by atoms with Crippen molar-refractivity contribution in [1.29, 1.82) is 0 Å². The van der Waals surface area contributed by atoms with Gasteiger partial charge in [0.15, 0.2) is 0 Å². The van der Waals surface area contributed by atoms with Gasteiger partial charge in [0, 0.05) is 42.5 Å². The van der Waals surface area contributed by atoms with E-state index in [9.17, 15) is 13.2 Å². The molecule has 11 heteroatoms. The molecule has 0 aliphatic heterocycles. The van der Waals surface area contributed by atoms with Crippen LogP contribution in [0.2, 0.25) is 5.02 Å². The van der Waals surface area contributed by atoms with Crippen LogP contribution in [0.25, 0.3) is 10.9 Å². The molecule has 1 aromatic heterocycles. The number of anilines is 1. The largest absolute Gasteiger partial charge is 0.451 e. The van der Waals surface area contributed by atoms with Crippen molar-refractivity contribution in [2.45, 2.75) is 19.0 Å². The highest BCUT2D eigenvalue weighted by atomic mass is 35.5. The van der Waals surface area contributed by atoms with Crippen LogP contribution in [0.3, 0.4) is 0 Å². The Bertz CT molecular complexity index is 1120. The van der Waals surface area contributed by atoms with Crippen LogP contribution in [0, 0.1) is 0 Å². The van der Waals surface area contributed by atoms with E-state index in [1.165, 1.54) is 19.2 Å². The van der Waals surface area contributed by atoms with Gasteiger partial charge >= 0.3 is 6.18 Å². The molecule has 3 rings (SSSR count). The number of hydrogen-bond acceptors (Lipinski definition) is 5. The molecule has 0 fully saturated rings. The summed E-state index contributed by atoms with van der Waals surface area (Å²) in [5, 5.41) is 8.28. The molecule has 0 bridgehead atoms. The van der Waals surface area contributed by atoms with Gasteiger partial charge in [-0.1, -0.05) is 11.6 Å². The summed E-state index contributed by atoms with van der Waals surface area (Å²) in [5.74, 6) is 0.280. The Kier molecular flexibility index (Phi) is 8.95. The highest BCUT2D eigenvalue weighted by Gasteiger charge is 2.30. The molecule has 0 amide bonds. The van der Waals surface area contributed by atoms with E-state index < -0.39 is 18.2 Å². The second-order valence-electron chi connectivity index (χ2n) is 7.27. The number of rotatable bonds is 11. The molecule has 0 saturated heterocycles. The fourth-order valence-corrected chi connectivity index (χ4v) is 5.67. The van der Waals surface area contributed by atoms with E-state index in [1.807, 2.05) is 24.3 Å². The molecule has 3 aromatic rings. The van der Waals surface area contributed by atoms with Crippen LogP contribution < -0.4 is 14.9 Å². The first-order chi connectivity index (χ1) is 15.7. The monoisotopic (exact) mass is 517 g/mol. The average molecular weight is 518 g/mol. The molecule has 33 heavy (non-hydrogen) atoms. The minimum absolute atomic E-state index is 0.160. The maximum absolute atomic E-state index is 12.7. The molecule has 0 aliphatic carbocycles. The van der Waals surface area contributed by atoms with Crippen molar-refractivity contribution in [3.63, 3.8) is 0 Å². The number of nitrogens with one attached hydrogen (secondary N) is 2. The first-order valence-corrected chi connectivity index (χ1v) is 13.5. The lowest BCUT2D eigenvalue weighted by Gasteiger charge is -2.24. The lowest BCUT2D eigenvalue weighted by molar-refractivity contribution is -0.137. The van der Waals surface area contributed by atoms with Crippen LogP contribution in [0.1, 0.15) is 18.4 Å². The van der Waals surface area contributed by atoms with E-state index in [0.717, 1.165) is 48.1 Å². The number of nitrogens with zero attached hydrogens (tertiary/aromatic N) is 1. The maximum Gasteiger partial charge on any atom is 0.416 e. The number of fused-ring (bicyclic) bond motifs is 1. The number of hydrogen-bond donors (Lipinski definition) is 2. The lowest BCUT2D eigenvalue weighted by Crippen LogP contribution is -2.19. The summed E-state index contributed by atoms with van der Waals surface area (Å²) in [6.45, 7) is 1.34. The third-order valence-corrected chi connectivity index (χ3v) is 7.68. The summed E-state index contributed by atoms with van der Waals surface area (Å²) in [5.41, 5.74) is 1.08. The Morgan fingerprint density at radius 1 is 1.06 bits per heavy atom. The minimum atomic E-state index is -4.40. The molecule has 2 aromatic carbocycles. The normalized spacial score (nSPS) is 13.6. The minimum Gasteiger partial charge on any atom is -0.451 e. The van der Waals surface area contributed by atoms with E-state index in [2.05, 4.69) is 15.4 Å². The Balaban J connectivity index is 1.48. The topological polar surface area (TPSA) is 55.4 Å². The third-order valence-electron chi connectivity index (χ3n) is 4.71. The summed E-state index contributed by atoms with van der Waals surface area (Å²) in [4.78, 5) is 4.33. The summed E-state index contributed by atoms with van der Waals surface area (Å²) in [6.07, 6.45) is -3.41. The zero-order chi connectivity index (χ0) is 23.9. The fraction of sp³-hybridized carbons (Fsp3) is 0.318. The highest BCUT2D eigenvalue weighted by molar-refractivity contribution is 8.11. The Morgan fingerprint density at radius 3 is 2.48 bits per heavy atom. The number of benzene rings is 2. The number of ether oxygens (including phenoxy) is 1. The van der Waals surface area contributed by atoms with Crippen molar-refractivity contribution in [3.8, 4) is 5.75 Å². The van der Waals surface area contributed by atoms with Crippen molar-refractivity contribution in [1.82, 2.24) is 10.1 Å². The van der Waals surface area contributed by atoms with Crippen molar-refractivity contribution < 1.29 is 22.4 Å². The van der Waals surface area contributed by atoms with E-state index in [0.29, 0.717) is 11.6 Å². The zero-order valence-corrected chi connectivity index (χ0v) is 20.3. The third kappa shape index (κ3) is 7.55. The average Bonchev–Trinajstić information content (AvgIpc) is 2.76. The van der Waals surface area contributed by atoms with E-state index >= 15 is 0 Å². The molecule has 178 valence electrons. The maximum atomic E-state index is 12.7. The van der Waals surface area contributed by atoms with Gasteiger partial charge in [0.25, 0.3) is 0 Å². The molecule has 0 radical (unpaired) electrons. The highest BCUT2D eigenvalue weighted by Crippen LogP contribution is 2.43. The lowest BCUT2D eigenvalue weighted by atomic mass is 10.2. The Labute approximate surface area is 200 Å². The van der Waals surface area contributed by atoms with Crippen molar-refractivity contribution >= 4 is 46.4 Å². The fourth-order valence-electron chi connectivity index (χ4n) is 3.15. The van der Waals surface area contributed by atoms with Crippen LogP contribution in [0.15, 0.2) is 54.7 Å². The molecule has 1 unspecified atom stereocenters. The molecular formula is C22H24ClF3N3O2PS. The van der Waals surface area contributed by atoms with Gasteiger partial charge in [-0.15, -0.1) is 0 Å².